The van der Waals surface area contributed by atoms with E-state index in [4.69, 9.17) is 9.47 Å². The van der Waals surface area contributed by atoms with E-state index in [1.54, 1.807) is 0 Å². The number of quaternary nitrogens is 1. The van der Waals surface area contributed by atoms with Crippen molar-refractivity contribution in [2.24, 2.45) is 0 Å². The highest BCUT2D eigenvalue weighted by Crippen LogP contribution is 2.20. The topological polar surface area (TPSA) is 35.5 Å². The summed E-state index contributed by atoms with van der Waals surface area (Å²) in [4.78, 5) is 13.0. The number of unbranched alkanes of at least 4 members (excludes halogenated alkanes) is 10. The number of nitrogens with zero attached hydrogens (tertiary/aromatic N) is 1. The van der Waals surface area contributed by atoms with E-state index in [0.717, 1.165) is 25.1 Å². The van der Waals surface area contributed by atoms with Gasteiger partial charge in [0.1, 0.15) is 25.0 Å². The predicted molar refractivity (Wildman–Crippen MR) is 164 cm³/mol. The Morgan fingerprint density at radius 3 is 1.97 bits per heavy atom. The van der Waals surface area contributed by atoms with Gasteiger partial charge >= 0.3 is 5.97 Å². The first-order valence-electron chi connectivity index (χ1n) is 15.6. The fourth-order valence-corrected chi connectivity index (χ4v) is 5.44. The van der Waals surface area contributed by atoms with Crippen LogP contribution in [0.2, 0.25) is 0 Å². The van der Waals surface area contributed by atoms with Crippen LogP contribution in [0.3, 0.4) is 0 Å². The van der Waals surface area contributed by atoms with Crippen molar-refractivity contribution in [1.82, 2.24) is 0 Å². The van der Waals surface area contributed by atoms with Crippen LogP contribution in [-0.2, 0) is 22.5 Å². The molecule has 0 saturated carbocycles. The predicted octanol–water partition coefficient (Wildman–Crippen LogP) is 8.91. The quantitative estimate of drug-likeness (QED) is 0.0904. The molecule has 39 heavy (non-hydrogen) atoms. The van der Waals surface area contributed by atoms with Crippen molar-refractivity contribution in [3.8, 4) is 5.75 Å². The molecule has 0 aliphatic rings. The van der Waals surface area contributed by atoms with Crippen molar-refractivity contribution in [2.75, 3.05) is 20.7 Å². The van der Waals surface area contributed by atoms with Gasteiger partial charge in [0.15, 0.2) is 6.04 Å². The van der Waals surface area contributed by atoms with Crippen LogP contribution in [0.5, 0.6) is 5.75 Å². The Labute approximate surface area is 239 Å². The molecule has 218 valence electrons. The summed E-state index contributed by atoms with van der Waals surface area (Å²) in [7, 11) is 4.20. The monoisotopic (exact) mass is 538 g/mol. The number of carbonyl (C=O) groups is 1. The first-order chi connectivity index (χ1) is 18.9. The number of rotatable bonds is 21. The van der Waals surface area contributed by atoms with Crippen LogP contribution in [-0.4, -0.2) is 43.3 Å². The first kappa shape index (κ1) is 32.9. The molecule has 0 bridgehead atoms. The molecule has 2 aromatic rings. The number of carbonyl (C=O) groups excluding carboxylic acids is 1. The third kappa shape index (κ3) is 13.5. The zero-order chi connectivity index (χ0) is 28.3. The molecule has 0 radical (unpaired) electrons. The zero-order valence-corrected chi connectivity index (χ0v) is 25.6. The highest BCUT2D eigenvalue weighted by Gasteiger charge is 2.35. The van der Waals surface area contributed by atoms with Crippen molar-refractivity contribution in [2.45, 2.75) is 123 Å². The average Bonchev–Trinajstić information content (AvgIpc) is 2.91. The smallest absolute Gasteiger partial charge is 0.365 e. The second-order valence-electron chi connectivity index (χ2n) is 11.8. The van der Waals surface area contributed by atoms with Crippen LogP contribution in [0.4, 0.5) is 0 Å². The second kappa shape index (κ2) is 18.9. The molecule has 4 heteroatoms. The third-order valence-electron chi connectivity index (χ3n) is 7.70. The van der Waals surface area contributed by atoms with Crippen molar-refractivity contribution in [1.29, 1.82) is 0 Å². The summed E-state index contributed by atoms with van der Waals surface area (Å²) in [6.07, 6.45) is 16.6. The van der Waals surface area contributed by atoms with Gasteiger partial charge in [-0.15, -0.1) is 0 Å². The highest BCUT2D eigenvalue weighted by molar-refractivity contribution is 5.74. The Morgan fingerprint density at radius 2 is 1.36 bits per heavy atom. The van der Waals surface area contributed by atoms with Crippen LogP contribution in [0.25, 0.3) is 0 Å². The number of aryl methyl sites for hydroxylation is 1. The minimum atomic E-state index is -0.216. The van der Waals surface area contributed by atoms with Gasteiger partial charge < -0.3 is 14.0 Å². The zero-order valence-electron chi connectivity index (χ0n) is 25.6. The molecule has 0 aliphatic carbocycles. The molecule has 2 aromatic carbocycles. The molecule has 4 nitrogen and oxygen atoms in total. The van der Waals surface area contributed by atoms with Crippen molar-refractivity contribution in [3.05, 3.63) is 65.7 Å². The molecule has 0 spiro atoms. The van der Waals surface area contributed by atoms with Gasteiger partial charge in [-0.3, -0.25) is 0 Å². The van der Waals surface area contributed by atoms with Crippen LogP contribution >= 0.6 is 0 Å². The number of benzene rings is 2. The Hall–Kier alpha value is -2.33. The van der Waals surface area contributed by atoms with Crippen LogP contribution in [0, 0.1) is 0 Å². The molecule has 2 unspecified atom stereocenters. The number of likely N-dealkylation sites (N-methyl/N-ethyl adjacent to an activating group) is 1. The summed E-state index contributed by atoms with van der Waals surface area (Å²) < 4.78 is 12.4. The van der Waals surface area contributed by atoms with Gasteiger partial charge in [0, 0.05) is 12.0 Å². The lowest BCUT2D eigenvalue weighted by Crippen LogP contribution is -2.52. The van der Waals surface area contributed by atoms with E-state index < -0.39 is 0 Å². The van der Waals surface area contributed by atoms with E-state index in [9.17, 15) is 4.79 Å². The summed E-state index contributed by atoms with van der Waals surface area (Å²) in [5.74, 6) is 0.700. The van der Waals surface area contributed by atoms with E-state index in [2.05, 4.69) is 58.3 Å². The van der Waals surface area contributed by atoms with Gasteiger partial charge in [-0.1, -0.05) is 121 Å². The minimum Gasteiger partial charge on any atom is -0.487 e. The fraction of sp³-hybridized carbons (Fsp3) is 0.629. The number of hydrogen-bond acceptors (Lipinski definition) is 3. The van der Waals surface area contributed by atoms with E-state index >= 15 is 0 Å². The lowest BCUT2D eigenvalue weighted by molar-refractivity contribution is -0.919. The van der Waals surface area contributed by atoms with Gasteiger partial charge in [0.2, 0.25) is 0 Å². The lowest BCUT2D eigenvalue weighted by atomic mass is 10.0. The summed E-state index contributed by atoms with van der Waals surface area (Å²) in [5, 5.41) is 0. The largest absolute Gasteiger partial charge is 0.487 e. The van der Waals surface area contributed by atoms with E-state index in [-0.39, 0.29) is 24.7 Å². The normalized spacial score (nSPS) is 13.2. The van der Waals surface area contributed by atoms with Crippen LogP contribution in [0.15, 0.2) is 54.6 Å². The molecule has 0 aromatic heterocycles. The maximum absolute atomic E-state index is 13.0. The number of ether oxygens (including phenoxy) is 2. The maximum Gasteiger partial charge on any atom is 0.365 e. The van der Waals surface area contributed by atoms with Gasteiger partial charge in [0.05, 0.1) is 14.1 Å². The fourth-order valence-electron chi connectivity index (χ4n) is 5.44. The summed E-state index contributed by atoms with van der Waals surface area (Å²) in [5.41, 5.74) is 2.54. The molecule has 2 rings (SSSR count). The van der Waals surface area contributed by atoms with Gasteiger partial charge in [-0.25, -0.2) is 4.79 Å². The van der Waals surface area contributed by atoms with Crippen molar-refractivity contribution < 1.29 is 18.8 Å². The Kier molecular flexibility index (Phi) is 15.9. The van der Waals surface area contributed by atoms with E-state index in [0.29, 0.717) is 4.48 Å². The van der Waals surface area contributed by atoms with Crippen LogP contribution in [0.1, 0.15) is 109 Å². The standard InChI is InChI=1S/C35H56NO3/c1-6-8-9-10-11-12-13-14-15-16-18-22-31-25-21-26-33(27-31)39-30(3)29-38-35(37)34(7-2)36(4,5)28-32-23-19-17-20-24-32/h17,19-21,23-27,30,34H,6-16,18,22,28-29H2,1-5H3/q+1. The SMILES string of the molecule is CCCCCCCCCCCCCc1cccc(OC(C)COC(=O)C(CC)[N+](C)(C)Cc2ccccc2)c1. The number of hydrogen-bond donors (Lipinski definition) is 0. The van der Waals surface area contributed by atoms with Crippen molar-refractivity contribution >= 4 is 5.97 Å². The average molecular weight is 539 g/mol. The van der Waals surface area contributed by atoms with Crippen molar-refractivity contribution in [3.63, 3.8) is 0 Å². The molecule has 0 N–H and O–H groups in total. The third-order valence-corrected chi connectivity index (χ3v) is 7.70. The minimum absolute atomic E-state index is 0.154. The molecule has 0 saturated heterocycles. The van der Waals surface area contributed by atoms with E-state index in [1.807, 2.05) is 31.2 Å². The molecule has 0 amide bonds. The van der Waals surface area contributed by atoms with Gasteiger partial charge in [-0.05, 0) is 37.5 Å². The summed E-state index contributed by atoms with van der Waals surface area (Å²) >= 11 is 0. The molecule has 0 aliphatic heterocycles. The highest BCUT2D eigenvalue weighted by atomic mass is 16.6. The summed E-state index contributed by atoms with van der Waals surface area (Å²) in [6.45, 7) is 7.34. The molecular formula is C35H56NO3+. The molecule has 0 heterocycles. The Morgan fingerprint density at radius 1 is 0.769 bits per heavy atom. The van der Waals surface area contributed by atoms with Crippen LogP contribution < -0.4 is 4.74 Å². The lowest BCUT2D eigenvalue weighted by Gasteiger charge is -2.36. The first-order valence-corrected chi connectivity index (χ1v) is 15.6. The van der Waals surface area contributed by atoms with E-state index in [1.165, 1.54) is 81.8 Å². The summed E-state index contributed by atoms with van der Waals surface area (Å²) in [6, 6.07) is 18.5. The number of esters is 1. The Bertz CT molecular complexity index is 911. The molecule has 0 fully saturated rings. The second-order valence-corrected chi connectivity index (χ2v) is 11.8. The maximum atomic E-state index is 13.0. The van der Waals surface area contributed by atoms with Gasteiger partial charge in [0.25, 0.3) is 0 Å². The molecular weight excluding hydrogens is 482 g/mol. The van der Waals surface area contributed by atoms with Gasteiger partial charge in [-0.2, -0.15) is 0 Å². The Balaban J connectivity index is 1.68. The molecule has 2 atom stereocenters.